The lowest BCUT2D eigenvalue weighted by molar-refractivity contribution is -0.151. The zero-order valence-corrected chi connectivity index (χ0v) is 13.8. The molecule has 0 aliphatic heterocycles. The molecule has 0 aromatic heterocycles. The summed E-state index contributed by atoms with van der Waals surface area (Å²) in [4.78, 5) is 11.7. The van der Waals surface area contributed by atoms with Crippen molar-refractivity contribution in [1.29, 1.82) is 0 Å². The van der Waals surface area contributed by atoms with Gasteiger partial charge in [0, 0.05) is 11.8 Å². The van der Waals surface area contributed by atoms with Crippen molar-refractivity contribution in [3.63, 3.8) is 0 Å². The van der Waals surface area contributed by atoms with Gasteiger partial charge in [-0.25, -0.2) is 0 Å². The van der Waals surface area contributed by atoms with Crippen LogP contribution in [0.2, 0.25) is 0 Å². The van der Waals surface area contributed by atoms with E-state index in [0.717, 1.165) is 25.8 Å². The van der Waals surface area contributed by atoms with Gasteiger partial charge in [-0.15, -0.1) is 0 Å². The van der Waals surface area contributed by atoms with Crippen LogP contribution in [-0.2, 0) is 9.53 Å². The van der Waals surface area contributed by atoms with Crippen molar-refractivity contribution in [2.24, 2.45) is 5.92 Å². The average Bonchev–Trinajstić information content (AvgIpc) is 2.44. The summed E-state index contributed by atoms with van der Waals surface area (Å²) in [6, 6.07) is 0. The molecule has 4 nitrogen and oxygen atoms in total. The van der Waals surface area contributed by atoms with E-state index in [1.165, 1.54) is 0 Å². The number of hydrogen-bond acceptors (Lipinski definition) is 5. The number of rotatable bonds is 8. The molecule has 5 heteroatoms. The summed E-state index contributed by atoms with van der Waals surface area (Å²) < 4.78 is 5.05. The molecular formula is C15H29NO3S. The second-order valence-corrected chi connectivity index (χ2v) is 7.04. The van der Waals surface area contributed by atoms with Gasteiger partial charge in [0.2, 0.25) is 0 Å². The average molecular weight is 303 g/mol. The van der Waals surface area contributed by atoms with E-state index in [-0.39, 0.29) is 11.9 Å². The summed E-state index contributed by atoms with van der Waals surface area (Å²) >= 11 is 1.86. The first-order chi connectivity index (χ1) is 9.50. The maximum atomic E-state index is 11.7. The summed E-state index contributed by atoms with van der Waals surface area (Å²) in [5.74, 6) is -0.122. The first-order valence-corrected chi connectivity index (χ1v) is 8.92. The molecule has 118 valence electrons. The smallest absolute Gasteiger partial charge is 0.308 e. The predicted octanol–water partition coefficient (Wildman–Crippen LogP) is 2.20. The highest BCUT2D eigenvalue weighted by Gasteiger charge is 2.35. The third-order valence-electron chi connectivity index (χ3n) is 4.12. The Morgan fingerprint density at radius 3 is 2.70 bits per heavy atom. The highest BCUT2D eigenvalue weighted by atomic mass is 32.2. The van der Waals surface area contributed by atoms with Crippen LogP contribution in [0.15, 0.2) is 0 Å². The molecule has 2 N–H and O–H groups in total. The maximum Gasteiger partial charge on any atom is 0.308 e. The molecule has 1 rings (SSSR count). The molecule has 0 radical (unpaired) electrons. The Morgan fingerprint density at radius 1 is 1.50 bits per heavy atom. The van der Waals surface area contributed by atoms with Crippen molar-refractivity contribution in [2.75, 3.05) is 26.0 Å². The van der Waals surface area contributed by atoms with Crippen LogP contribution in [-0.4, -0.2) is 47.9 Å². The van der Waals surface area contributed by atoms with Gasteiger partial charge in [0.05, 0.1) is 18.1 Å². The summed E-state index contributed by atoms with van der Waals surface area (Å²) in [5.41, 5.74) is -0.647. The van der Waals surface area contributed by atoms with Crippen LogP contribution in [0.1, 0.15) is 46.0 Å². The Labute approximate surface area is 127 Å². The van der Waals surface area contributed by atoms with Gasteiger partial charge in [-0.05, 0) is 51.8 Å². The van der Waals surface area contributed by atoms with Crippen LogP contribution >= 0.6 is 11.8 Å². The molecule has 0 aromatic rings. The van der Waals surface area contributed by atoms with E-state index >= 15 is 0 Å². The van der Waals surface area contributed by atoms with E-state index < -0.39 is 5.60 Å². The molecule has 1 fully saturated rings. The van der Waals surface area contributed by atoms with Gasteiger partial charge in [-0.2, -0.15) is 11.8 Å². The Hall–Kier alpha value is -0.260. The van der Waals surface area contributed by atoms with Crippen molar-refractivity contribution in [3.05, 3.63) is 0 Å². The van der Waals surface area contributed by atoms with Gasteiger partial charge in [-0.3, -0.25) is 4.79 Å². The number of hydrogen-bond donors (Lipinski definition) is 2. The van der Waals surface area contributed by atoms with Gasteiger partial charge >= 0.3 is 5.97 Å². The number of nitrogens with one attached hydrogen (secondary N) is 1. The number of ether oxygens (including phenoxy) is 1. The van der Waals surface area contributed by atoms with E-state index in [1.54, 1.807) is 0 Å². The number of thioether (sulfide) groups is 1. The second-order valence-electron chi connectivity index (χ2n) is 5.76. The maximum absolute atomic E-state index is 11.7. The summed E-state index contributed by atoms with van der Waals surface area (Å²) in [5, 5.41) is 14.5. The number of carbonyl (C=O) groups is 1. The van der Waals surface area contributed by atoms with Crippen LogP contribution in [0.3, 0.4) is 0 Å². The lowest BCUT2D eigenvalue weighted by atomic mass is 9.79. The first-order valence-electron chi connectivity index (χ1n) is 7.63. The van der Waals surface area contributed by atoms with Crippen molar-refractivity contribution in [3.8, 4) is 0 Å². The molecular weight excluding hydrogens is 274 g/mol. The highest BCUT2D eigenvalue weighted by Crippen LogP contribution is 2.32. The fourth-order valence-electron chi connectivity index (χ4n) is 2.57. The van der Waals surface area contributed by atoms with Crippen LogP contribution < -0.4 is 5.32 Å². The standard InChI is InChI=1S/C15H29NO3S/c1-4-19-14(17)13-5-8-15(18,9-6-13)11-16-10-7-12(2)20-3/h12-13,16,18H,4-11H2,1-3H3. The minimum Gasteiger partial charge on any atom is -0.466 e. The quantitative estimate of drug-likeness (QED) is 0.532. The van der Waals surface area contributed by atoms with Crippen molar-refractivity contribution < 1.29 is 14.6 Å². The van der Waals surface area contributed by atoms with Gasteiger partial charge in [0.25, 0.3) is 0 Å². The van der Waals surface area contributed by atoms with Crippen LogP contribution in [0.4, 0.5) is 0 Å². The lowest BCUT2D eigenvalue weighted by Gasteiger charge is -2.35. The molecule has 1 aliphatic carbocycles. The molecule has 1 saturated carbocycles. The highest BCUT2D eigenvalue weighted by molar-refractivity contribution is 7.99. The fourth-order valence-corrected chi connectivity index (χ4v) is 2.93. The molecule has 0 saturated heterocycles. The zero-order chi connectivity index (χ0) is 15.0. The Morgan fingerprint density at radius 2 is 2.15 bits per heavy atom. The molecule has 0 amide bonds. The molecule has 0 heterocycles. The Kier molecular flexibility index (Phi) is 7.92. The van der Waals surface area contributed by atoms with E-state index in [2.05, 4.69) is 18.5 Å². The predicted molar refractivity (Wildman–Crippen MR) is 84.0 cm³/mol. The van der Waals surface area contributed by atoms with Gasteiger partial charge in [0.1, 0.15) is 0 Å². The monoisotopic (exact) mass is 303 g/mol. The van der Waals surface area contributed by atoms with E-state index in [0.29, 0.717) is 31.2 Å². The molecule has 20 heavy (non-hydrogen) atoms. The number of aliphatic hydroxyl groups is 1. The second kappa shape index (κ2) is 8.90. The number of carbonyl (C=O) groups excluding carboxylic acids is 1. The molecule has 0 spiro atoms. The first kappa shape index (κ1) is 17.8. The van der Waals surface area contributed by atoms with Crippen molar-refractivity contribution in [1.82, 2.24) is 5.32 Å². The summed E-state index contributed by atoms with van der Waals surface area (Å²) in [6.45, 7) is 6.05. The van der Waals surface area contributed by atoms with Crippen LogP contribution in [0, 0.1) is 5.92 Å². The molecule has 1 aliphatic rings. The topological polar surface area (TPSA) is 58.6 Å². The molecule has 1 atom stereocenters. The fraction of sp³-hybridized carbons (Fsp3) is 0.933. The normalized spacial score (nSPS) is 28.1. The Balaban J connectivity index is 2.23. The van der Waals surface area contributed by atoms with E-state index in [1.807, 2.05) is 18.7 Å². The SMILES string of the molecule is CCOC(=O)C1CCC(O)(CNCCC(C)SC)CC1. The van der Waals surface area contributed by atoms with Gasteiger partial charge in [-0.1, -0.05) is 6.92 Å². The van der Waals surface area contributed by atoms with E-state index in [4.69, 9.17) is 4.74 Å². The minimum absolute atomic E-state index is 0.0215. The van der Waals surface area contributed by atoms with Gasteiger partial charge in [0.15, 0.2) is 0 Å². The molecule has 0 bridgehead atoms. The van der Waals surface area contributed by atoms with Crippen LogP contribution in [0.5, 0.6) is 0 Å². The van der Waals surface area contributed by atoms with Gasteiger partial charge < -0.3 is 15.2 Å². The minimum atomic E-state index is -0.647. The zero-order valence-electron chi connectivity index (χ0n) is 13.0. The van der Waals surface area contributed by atoms with Crippen molar-refractivity contribution in [2.45, 2.75) is 56.8 Å². The largest absolute Gasteiger partial charge is 0.466 e. The number of esters is 1. The van der Waals surface area contributed by atoms with E-state index in [9.17, 15) is 9.90 Å². The third kappa shape index (κ3) is 6.02. The molecule has 1 unspecified atom stereocenters. The summed E-state index contributed by atoms with van der Waals surface area (Å²) in [7, 11) is 0. The van der Waals surface area contributed by atoms with Crippen molar-refractivity contribution >= 4 is 17.7 Å². The Bertz CT molecular complexity index is 291. The van der Waals surface area contributed by atoms with Crippen LogP contribution in [0.25, 0.3) is 0 Å². The lowest BCUT2D eigenvalue weighted by Crippen LogP contribution is -2.45. The molecule has 0 aromatic carbocycles. The third-order valence-corrected chi connectivity index (χ3v) is 5.16. The summed E-state index contributed by atoms with van der Waals surface area (Å²) in [6.07, 6.45) is 6.07.